The fraction of sp³-hybridized carbons (Fsp3) is 0.647. The van der Waals surface area contributed by atoms with Gasteiger partial charge in [-0.15, -0.1) is 0 Å². The molecule has 25 heavy (non-hydrogen) atoms. The molecule has 1 saturated heterocycles. The van der Waals surface area contributed by atoms with Crippen LogP contribution in [0.4, 0.5) is 0 Å². The summed E-state index contributed by atoms with van der Waals surface area (Å²) >= 11 is 0. The molecule has 1 aliphatic rings. The molecule has 0 saturated carbocycles. The number of ether oxygens (including phenoxy) is 2. The van der Waals surface area contributed by atoms with Gasteiger partial charge in [0.1, 0.15) is 0 Å². The van der Waals surface area contributed by atoms with Gasteiger partial charge in [-0.2, -0.15) is 8.42 Å². The lowest BCUT2D eigenvalue weighted by Gasteiger charge is -2.34. The van der Waals surface area contributed by atoms with E-state index in [-0.39, 0.29) is 6.61 Å². The molecular formula is C17H27NO6S. The highest BCUT2D eigenvalue weighted by atomic mass is 32.2. The first-order valence-corrected chi connectivity index (χ1v) is 9.96. The lowest BCUT2D eigenvalue weighted by molar-refractivity contribution is -0.193. The highest BCUT2D eigenvalue weighted by Crippen LogP contribution is 2.31. The van der Waals surface area contributed by atoms with Crippen LogP contribution in [0, 0.1) is 0 Å². The molecule has 2 unspecified atom stereocenters. The van der Waals surface area contributed by atoms with Crippen LogP contribution in [0.25, 0.3) is 0 Å². The first kappa shape index (κ1) is 20.3. The van der Waals surface area contributed by atoms with Gasteiger partial charge in [0.15, 0.2) is 0 Å². The Morgan fingerprint density at radius 2 is 1.96 bits per heavy atom. The molecule has 0 spiro atoms. The zero-order valence-corrected chi connectivity index (χ0v) is 15.9. The van der Waals surface area contributed by atoms with Gasteiger partial charge in [-0.1, -0.05) is 24.3 Å². The summed E-state index contributed by atoms with van der Waals surface area (Å²) in [4.78, 5) is 0. The van der Waals surface area contributed by atoms with E-state index >= 15 is 0 Å². The highest BCUT2D eigenvalue weighted by Gasteiger charge is 2.39. The van der Waals surface area contributed by atoms with Gasteiger partial charge in [0.2, 0.25) is 6.41 Å². The summed E-state index contributed by atoms with van der Waals surface area (Å²) in [7, 11) is -3.48. The molecule has 1 aliphatic heterocycles. The molecule has 142 valence electrons. The predicted octanol–water partition coefficient (Wildman–Crippen LogP) is 1.46. The van der Waals surface area contributed by atoms with E-state index in [1.54, 1.807) is 12.1 Å². The second-order valence-electron chi connectivity index (χ2n) is 7.27. The van der Waals surface area contributed by atoms with Gasteiger partial charge in [-0.25, -0.2) is 0 Å². The number of benzene rings is 1. The molecule has 8 heteroatoms. The van der Waals surface area contributed by atoms with Gasteiger partial charge in [0.05, 0.1) is 30.6 Å². The third kappa shape index (κ3) is 6.32. The molecule has 0 amide bonds. The van der Waals surface area contributed by atoms with E-state index in [2.05, 4.69) is 5.32 Å². The average Bonchev–Trinajstić information content (AvgIpc) is 2.92. The first-order chi connectivity index (χ1) is 11.5. The minimum atomic E-state index is -3.48. The lowest BCUT2D eigenvalue weighted by Crippen LogP contribution is -2.51. The van der Waals surface area contributed by atoms with Crippen molar-refractivity contribution >= 4 is 10.1 Å². The molecule has 0 bridgehead atoms. The zero-order valence-electron chi connectivity index (χ0n) is 15.1. The maximum absolute atomic E-state index is 11.1. The van der Waals surface area contributed by atoms with E-state index in [9.17, 15) is 13.5 Å². The summed E-state index contributed by atoms with van der Waals surface area (Å²) in [5, 5.41) is 13.3. The van der Waals surface area contributed by atoms with Crippen LogP contribution in [0.5, 0.6) is 0 Å². The Labute approximate surface area is 149 Å². The molecule has 2 rings (SSSR count). The maximum atomic E-state index is 11.1. The van der Waals surface area contributed by atoms with Crippen LogP contribution in [-0.2, 0) is 35.9 Å². The van der Waals surface area contributed by atoms with Crippen LogP contribution in [-0.4, -0.2) is 45.0 Å². The second-order valence-corrected chi connectivity index (χ2v) is 8.92. The molecule has 2 N–H and O–H groups in total. The van der Waals surface area contributed by atoms with Crippen LogP contribution in [0.1, 0.15) is 38.3 Å². The first-order valence-electron chi connectivity index (χ1n) is 8.14. The summed E-state index contributed by atoms with van der Waals surface area (Å²) in [5.74, 6) is 0. The standard InChI is InChI=1S/C17H27NO6S/c1-16(2,3)24-15(19)18-17(9-10-22-12-17)14-7-5-13(6-8-14)11-23-25(4,20)21/h5-8,15,18-19H,9-12H2,1-4H3. The van der Waals surface area contributed by atoms with Gasteiger partial charge in [0.25, 0.3) is 10.1 Å². The molecule has 2 atom stereocenters. The van der Waals surface area contributed by atoms with Crippen molar-refractivity contribution in [3.63, 3.8) is 0 Å². The van der Waals surface area contributed by atoms with E-state index in [4.69, 9.17) is 13.7 Å². The van der Waals surface area contributed by atoms with Crippen LogP contribution >= 0.6 is 0 Å². The van der Waals surface area contributed by atoms with Crippen LogP contribution < -0.4 is 5.32 Å². The molecule has 0 radical (unpaired) electrons. The van der Waals surface area contributed by atoms with Gasteiger partial charge in [-0.3, -0.25) is 9.50 Å². The monoisotopic (exact) mass is 373 g/mol. The van der Waals surface area contributed by atoms with E-state index in [1.807, 2.05) is 32.9 Å². The van der Waals surface area contributed by atoms with Gasteiger partial charge in [-0.05, 0) is 38.3 Å². The average molecular weight is 373 g/mol. The lowest BCUT2D eigenvalue weighted by atomic mass is 9.88. The number of rotatable bonds is 7. The van der Waals surface area contributed by atoms with E-state index < -0.39 is 27.7 Å². The molecule has 0 aromatic heterocycles. The second kappa shape index (κ2) is 7.69. The summed E-state index contributed by atoms with van der Waals surface area (Å²) in [6.45, 7) is 6.58. The van der Waals surface area contributed by atoms with E-state index in [0.29, 0.717) is 19.6 Å². The molecule has 1 fully saturated rings. The predicted molar refractivity (Wildman–Crippen MR) is 93.2 cm³/mol. The van der Waals surface area contributed by atoms with E-state index in [1.165, 1.54) is 0 Å². The Balaban J connectivity index is 2.11. The molecule has 0 aliphatic carbocycles. The number of hydrogen-bond donors (Lipinski definition) is 2. The van der Waals surface area contributed by atoms with Crippen LogP contribution in [0.2, 0.25) is 0 Å². The van der Waals surface area contributed by atoms with Crippen molar-refractivity contribution in [3.05, 3.63) is 35.4 Å². The van der Waals surface area contributed by atoms with Crippen molar-refractivity contribution in [3.8, 4) is 0 Å². The third-order valence-electron chi connectivity index (χ3n) is 3.83. The van der Waals surface area contributed by atoms with Gasteiger partial charge >= 0.3 is 0 Å². The van der Waals surface area contributed by atoms with Gasteiger partial charge < -0.3 is 14.6 Å². The quantitative estimate of drug-likeness (QED) is 0.552. The third-order valence-corrected chi connectivity index (χ3v) is 4.38. The highest BCUT2D eigenvalue weighted by molar-refractivity contribution is 7.85. The molecule has 1 aromatic carbocycles. The van der Waals surface area contributed by atoms with Crippen molar-refractivity contribution in [1.29, 1.82) is 0 Å². The molecule has 7 nitrogen and oxygen atoms in total. The minimum absolute atomic E-state index is 0.00813. The molecule has 1 aromatic rings. The number of aliphatic hydroxyl groups excluding tert-OH is 1. The maximum Gasteiger partial charge on any atom is 0.264 e. The fourth-order valence-electron chi connectivity index (χ4n) is 2.69. The van der Waals surface area contributed by atoms with Crippen molar-refractivity contribution in [2.24, 2.45) is 0 Å². The van der Waals surface area contributed by atoms with Crippen molar-refractivity contribution in [2.45, 2.75) is 51.4 Å². The van der Waals surface area contributed by atoms with E-state index in [0.717, 1.165) is 17.4 Å². The Hall–Kier alpha value is -1.03. The topological polar surface area (TPSA) is 94.1 Å². The zero-order chi connectivity index (χ0) is 18.7. The number of hydrogen-bond acceptors (Lipinski definition) is 7. The Kier molecular flexibility index (Phi) is 6.24. The smallest absolute Gasteiger partial charge is 0.264 e. The summed E-state index contributed by atoms with van der Waals surface area (Å²) in [5.41, 5.74) is 0.639. The summed E-state index contributed by atoms with van der Waals surface area (Å²) in [6, 6.07) is 7.37. The van der Waals surface area contributed by atoms with Crippen molar-refractivity contribution in [1.82, 2.24) is 5.32 Å². The minimum Gasteiger partial charge on any atom is -0.379 e. The molecule has 1 heterocycles. The summed E-state index contributed by atoms with van der Waals surface area (Å²) in [6.07, 6.45) is 0.582. The van der Waals surface area contributed by atoms with Crippen LogP contribution in [0.3, 0.4) is 0 Å². The number of nitrogens with one attached hydrogen (secondary N) is 1. The Morgan fingerprint density at radius 3 is 2.44 bits per heavy atom. The normalized spacial score (nSPS) is 22.9. The SMILES string of the molecule is CC(C)(C)OC(O)NC1(c2ccc(COS(C)(=O)=O)cc2)CCOC1. The van der Waals surface area contributed by atoms with Gasteiger partial charge in [0, 0.05) is 6.61 Å². The largest absolute Gasteiger partial charge is 0.379 e. The fourth-order valence-corrected chi connectivity index (χ4v) is 3.04. The molecular weight excluding hydrogens is 346 g/mol. The Morgan fingerprint density at radius 1 is 1.32 bits per heavy atom. The van der Waals surface area contributed by atoms with Crippen LogP contribution in [0.15, 0.2) is 24.3 Å². The Bertz CT molecular complexity index is 659. The van der Waals surface area contributed by atoms with Crippen molar-refractivity contribution < 1.29 is 27.2 Å². The number of aliphatic hydroxyl groups is 1. The summed E-state index contributed by atoms with van der Waals surface area (Å²) < 4.78 is 38.0. The van der Waals surface area contributed by atoms with Crippen molar-refractivity contribution in [2.75, 3.05) is 19.5 Å².